The number of hydrogen-bond acceptors (Lipinski definition) is 2. The molecule has 2 nitrogen and oxygen atoms in total. The Morgan fingerprint density at radius 2 is 2.14 bits per heavy atom. The fourth-order valence-electron chi connectivity index (χ4n) is 2.56. The van der Waals surface area contributed by atoms with Crippen molar-refractivity contribution in [1.29, 1.82) is 0 Å². The van der Waals surface area contributed by atoms with Crippen molar-refractivity contribution in [1.82, 2.24) is 5.32 Å². The van der Waals surface area contributed by atoms with Gasteiger partial charge in [0.15, 0.2) is 0 Å². The molecule has 0 aliphatic heterocycles. The normalized spacial score (nSPS) is 33.9. The molecule has 0 heterocycles. The largest absolute Gasteiger partial charge is 0.330 e. The highest BCUT2D eigenvalue weighted by atomic mass is 14.9. The predicted molar refractivity (Wildman–Crippen MR) is 60.1 cm³/mol. The molecule has 2 heteroatoms. The fraction of sp³-hybridized carbons (Fsp3) is 1.00. The molecule has 2 fully saturated rings. The summed E-state index contributed by atoms with van der Waals surface area (Å²) in [5.41, 5.74) is 6.35. The van der Waals surface area contributed by atoms with Crippen molar-refractivity contribution in [2.24, 2.45) is 23.0 Å². The van der Waals surface area contributed by atoms with Crippen LogP contribution in [-0.2, 0) is 0 Å². The van der Waals surface area contributed by atoms with E-state index in [1.165, 1.54) is 45.2 Å². The van der Waals surface area contributed by atoms with Gasteiger partial charge in [-0.3, -0.25) is 0 Å². The van der Waals surface area contributed by atoms with E-state index in [1.54, 1.807) is 0 Å². The van der Waals surface area contributed by atoms with Crippen LogP contribution in [0.4, 0.5) is 0 Å². The van der Waals surface area contributed by atoms with Gasteiger partial charge in [0.2, 0.25) is 0 Å². The smallest absolute Gasteiger partial charge is 0.00179 e. The third kappa shape index (κ3) is 2.29. The number of nitrogens with one attached hydrogen (secondary N) is 1. The maximum atomic E-state index is 5.82. The molecule has 0 spiro atoms. The second-order valence-electron chi connectivity index (χ2n) is 5.48. The molecule has 3 N–H and O–H groups in total. The minimum absolute atomic E-state index is 0.530. The van der Waals surface area contributed by atoms with Gasteiger partial charge in [-0.25, -0.2) is 0 Å². The Balaban J connectivity index is 1.53. The molecule has 0 aromatic carbocycles. The molecule has 2 aliphatic carbocycles. The molecule has 2 aliphatic rings. The van der Waals surface area contributed by atoms with Crippen molar-refractivity contribution in [3.63, 3.8) is 0 Å². The van der Waals surface area contributed by atoms with Crippen LogP contribution in [-0.4, -0.2) is 19.6 Å². The van der Waals surface area contributed by atoms with Crippen LogP contribution >= 0.6 is 0 Å². The molecule has 0 saturated heterocycles. The van der Waals surface area contributed by atoms with E-state index >= 15 is 0 Å². The zero-order valence-corrected chi connectivity index (χ0v) is 9.39. The summed E-state index contributed by atoms with van der Waals surface area (Å²) in [6.45, 7) is 5.66. The van der Waals surface area contributed by atoms with E-state index in [0.717, 1.165) is 18.4 Å². The summed E-state index contributed by atoms with van der Waals surface area (Å²) in [6.07, 6.45) is 6.87. The molecule has 14 heavy (non-hydrogen) atoms. The zero-order valence-electron chi connectivity index (χ0n) is 9.39. The summed E-state index contributed by atoms with van der Waals surface area (Å²) in [6, 6.07) is 0. The van der Waals surface area contributed by atoms with Gasteiger partial charge >= 0.3 is 0 Å². The van der Waals surface area contributed by atoms with Crippen LogP contribution in [0.25, 0.3) is 0 Å². The molecule has 0 amide bonds. The van der Waals surface area contributed by atoms with Gasteiger partial charge in [0.05, 0.1) is 0 Å². The lowest BCUT2D eigenvalue weighted by Gasteiger charge is -2.41. The van der Waals surface area contributed by atoms with Gasteiger partial charge in [0.25, 0.3) is 0 Å². The van der Waals surface area contributed by atoms with Gasteiger partial charge in [-0.05, 0) is 62.6 Å². The molecule has 2 saturated carbocycles. The van der Waals surface area contributed by atoms with E-state index in [1.807, 2.05) is 0 Å². The van der Waals surface area contributed by atoms with Crippen LogP contribution in [0.1, 0.15) is 39.0 Å². The maximum absolute atomic E-state index is 5.82. The van der Waals surface area contributed by atoms with Crippen LogP contribution in [0.15, 0.2) is 0 Å². The van der Waals surface area contributed by atoms with Gasteiger partial charge in [-0.1, -0.05) is 13.3 Å². The average molecular weight is 196 g/mol. The van der Waals surface area contributed by atoms with E-state index in [-0.39, 0.29) is 0 Å². The first-order valence-corrected chi connectivity index (χ1v) is 6.16. The fourth-order valence-corrected chi connectivity index (χ4v) is 2.56. The summed E-state index contributed by atoms with van der Waals surface area (Å²) in [5.74, 6) is 1.96. The van der Waals surface area contributed by atoms with Gasteiger partial charge in [-0.2, -0.15) is 0 Å². The molecule has 0 radical (unpaired) electrons. The molecule has 2 atom stereocenters. The molecule has 0 aromatic heterocycles. The Morgan fingerprint density at radius 3 is 2.57 bits per heavy atom. The van der Waals surface area contributed by atoms with E-state index in [9.17, 15) is 0 Å². The van der Waals surface area contributed by atoms with Crippen LogP contribution in [0.3, 0.4) is 0 Å². The first-order valence-electron chi connectivity index (χ1n) is 6.16. The SMILES string of the molecule is CC1CC1CNCCC1(CN)CCC1. The lowest BCUT2D eigenvalue weighted by atomic mass is 9.67. The van der Waals surface area contributed by atoms with Crippen molar-refractivity contribution < 1.29 is 0 Å². The number of rotatable bonds is 6. The quantitative estimate of drug-likeness (QED) is 0.635. The molecule has 2 unspecified atom stereocenters. The highest BCUT2D eigenvalue weighted by molar-refractivity contribution is 4.89. The molecule has 2 rings (SSSR count). The second kappa shape index (κ2) is 4.19. The monoisotopic (exact) mass is 196 g/mol. The van der Waals surface area contributed by atoms with Crippen molar-refractivity contribution in [3.05, 3.63) is 0 Å². The highest BCUT2D eigenvalue weighted by Gasteiger charge is 2.35. The average Bonchev–Trinajstić information content (AvgIpc) is 2.80. The summed E-state index contributed by atoms with van der Waals surface area (Å²) in [7, 11) is 0. The Kier molecular flexibility index (Phi) is 3.13. The third-order valence-electron chi connectivity index (χ3n) is 4.36. The van der Waals surface area contributed by atoms with Crippen molar-refractivity contribution >= 4 is 0 Å². The topological polar surface area (TPSA) is 38.0 Å². The van der Waals surface area contributed by atoms with Crippen LogP contribution in [0, 0.1) is 17.3 Å². The van der Waals surface area contributed by atoms with E-state index in [2.05, 4.69) is 12.2 Å². The van der Waals surface area contributed by atoms with Gasteiger partial charge < -0.3 is 11.1 Å². The Bertz CT molecular complexity index is 181. The van der Waals surface area contributed by atoms with Crippen molar-refractivity contribution in [2.45, 2.75) is 39.0 Å². The number of hydrogen-bond donors (Lipinski definition) is 2. The third-order valence-corrected chi connectivity index (χ3v) is 4.36. The zero-order chi connectivity index (χ0) is 10.0. The Morgan fingerprint density at radius 1 is 1.43 bits per heavy atom. The first-order chi connectivity index (χ1) is 6.76. The van der Waals surface area contributed by atoms with Crippen molar-refractivity contribution in [2.75, 3.05) is 19.6 Å². The summed E-state index contributed by atoms with van der Waals surface area (Å²) >= 11 is 0. The van der Waals surface area contributed by atoms with Gasteiger partial charge in [0.1, 0.15) is 0 Å². The molecule has 0 bridgehead atoms. The Hall–Kier alpha value is -0.0800. The first kappa shape index (κ1) is 10.4. The molecule has 0 aromatic rings. The van der Waals surface area contributed by atoms with Crippen LogP contribution < -0.4 is 11.1 Å². The molecular weight excluding hydrogens is 172 g/mol. The summed E-state index contributed by atoms with van der Waals surface area (Å²) in [5, 5.41) is 3.58. The second-order valence-corrected chi connectivity index (χ2v) is 5.48. The minimum Gasteiger partial charge on any atom is -0.330 e. The van der Waals surface area contributed by atoms with Gasteiger partial charge in [0, 0.05) is 0 Å². The summed E-state index contributed by atoms with van der Waals surface area (Å²) in [4.78, 5) is 0. The Labute approximate surface area is 87.6 Å². The highest BCUT2D eigenvalue weighted by Crippen LogP contribution is 2.42. The minimum atomic E-state index is 0.530. The van der Waals surface area contributed by atoms with E-state index in [4.69, 9.17) is 5.73 Å². The van der Waals surface area contributed by atoms with Gasteiger partial charge in [-0.15, -0.1) is 0 Å². The molecule has 82 valence electrons. The van der Waals surface area contributed by atoms with E-state index < -0.39 is 0 Å². The number of nitrogens with two attached hydrogens (primary N) is 1. The standard InChI is InChI=1S/C12H24N2/c1-10-7-11(10)8-14-6-5-12(9-13)3-2-4-12/h10-11,14H,2-9,13H2,1H3. The van der Waals surface area contributed by atoms with Crippen LogP contribution in [0.5, 0.6) is 0 Å². The maximum Gasteiger partial charge on any atom is -0.00179 e. The lowest BCUT2D eigenvalue weighted by molar-refractivity contribution is 0.130. The lowest BCUT2D eigenvalue weighted by Crippen LogP contribution is -2.39. The van der Waals surface area contributed by atoms with Crippen molar-refractivity contribution in [3.8, 4) is 0 Å². The van der Waals surface area contributed by atoms with E-state index in [0.29, 0.717) is 5.41 Å². The summed E-state index contributed by atoms with van der Waals surface area (Å²) < 4.78 is 0. The molecular formula is C12H24N2. The predicted octanol–water partition coefficient (Wildman–Crippen LogP) is 1.75. The van der Waals surface area contributed by atoms with Crippen LogP contribution in [0.2, 0.25) is 0 Å².